The van der Waals surface area contributed by atoms with Crippen molar-refractivity contribution in [3.8, 4) is 0 Å². The molecule has 0 aromatic heterocycles. The monoisotopic (exact) mass is 249 g/mol. The van der Waals surface area contributed by atoms with Crippen molar-refractivity contribution in [2.24, 2.45) is 0 Å². The van der Waals surface area contributed by atoms with E-state index in [0.717, 1.165) is 18.4 Å². The number of rotatable bonds is 7. The molecule has 0 saturated heterocycles. The molecule has 1 aromatic rings. The largest absolute Gasteiger partial charge is 0.391 e. The van der Waals surface area contributed by atoms with Gasteiger partial charge in [0.25, 0.3) is 0 Å². The second-order valence-corrected chi connectivity index (χ2v) is 4.72. The number of amides is 1. The molecule has 2 unspecified atom stereocenters. The summed E-state index contributed by atoms with van der Waals surface area (Å²) in [6.45, 7) is 3.90. The zero-order valence-corrected chi connectivity index (χ0v) is 11.2. The molecule has 0 saturated carbocycles. The molecule has 0 radical (unpaired) electrons. The number of unbranched alkanes of at least 4 members (excludes halogenated alkanes) is 1. The molecule has 1 amide bonds. The summed E-state index contributed by atoms with van der Waals surface area (Å²) in [5.41, 5.74) is 1.08. The Hall–Kier alpha value is -1.35. The number of hydrogen-bond acceptors (Lipinski definition) is 2. The lowest BCUT2D eigenvalue weighted by atomic mass is 10.0. The predicted octanol–water partition coefficient (Wildman–Crippen LogP) is 2.28. The first-order valence-corrected chi connectivity index (χ1v) is 6.64. The van der Waals surface area contributed by atoms with Gasteiger partial charge in [0.1, 0.15) is 0 Å². The van der Waals surface area contributed by atoms with Gasteiger partial charge in [-0.2, -0.15) is 0 Å². The molecule has 100 valence electrons. The Kier molecular flexibility index (Phi) is 6.44. The highest BCUT2D eigenvalue weighted by Crippen LogP contribution is 2.06. The fraction of sp³-hybridized carbons (Fsp3) is 0.533. The normalized spacial score (nSPS) is 13.9. The molecule has 0 fully saturated rings. The van der Waals surface area contributed by atoms with Gasteiger partial charge in [0.05, 0.1) is 12.1 Å². The summed E-state index contributed by atoms with van der Waals surface area (Å²) in [5, 5.41) is 12.9. The molecule has 0 aliphatic carbocycles. The van der Waals surface area contributed by atoms with Crippen LogP contribution in [0, 0.1) is 0 Å². The van der Waals surface area contributed by atoms with Gasteiger partial charge in [-0.05, 0) is 18.9 Å². The Morgan fingerprint density at radius 2 is 2.00 bits per heavy atom. The van der Waals surface area contributed by atoms with E-state index in [2.05, 4.69) is 12.2 Å². The van der Waals surface area contributed by atoms with E-state index in [4.69, 9.17) is 0 Å². The van der Waals surface area contributed by atoms with E-state index in [0.29, 0.717) is 12.8 Å². The van der Waals surface area contributed by atoms with Gasteiger partial charge in [-0.25, -0.2) is 0 Å². The summed E-state index contributed by atoms with van der Waals surface area (Å²) in [6, 6.07) is 9.60. The first-order chi connectivity index (χ1) is 8.63. The highest BCUT2D eigenvalue weighted by atomic mass is 16.3. The average Bonchev–Trinajstić information content (AvgIpc) is 2.37. The van der Waals surface area contributed by atoms with Crippen LogP contribution in [-0.2, 0) is 11.2 Å². The highest BCUT2D eigenvalue weighted by Gasteiger charge is 2.16. The van der Waals surface area contributed by atoms with Crippen molar-refractivity contribution < 1.29 is 9.90 Å². The van der Waals surface area contributed by atoms with Crippen LogP contribution in [0.4, 0.5) is 0 Å². The van der Waals surface area contributed by atoms with Gasteiger partial charge in [-0.15, -0.1) is 0 Å². The van der Waals surface area contributed by atoms with E-state index in [-0.39, 0.29) is 11.9 Å². The predicted molar refractivity (Wildman–Crippen MR) is 73.3 cm³/mol. The third kappa shape index (κ3) is 5.32. The number of carbonyl (C=O) groups is 1. The molecule has 0 aliphatic heterocycles. The van der Waals surface area contributed by atoms with Crippen LogP contribution >= 0.6 is 0 Å². The van der Waals surface area contributed by atoms with Gasteiger partial charge in [0.2, 0.25) is 5.91 Å². The van der Waals surface area contributed by atoms with Gasteiger partial charge in [0, 0.05) is 12.8 Å². The highest BCUT2D eigenvalue weighted by molar-refractivity contribution is 5.76. The average molecular weight is 249 g/mol. The topological polar surface area (TPSA) is 49.3 Å². The number of hydrogen-bond donors (Lipinski definition) is 2. The first-order valence-electron chi connectivity index (χ1n) is 6.64. The molecule has 1 aromatic carbocycles. The van der Waals surface area contributed by atoms with Crippen LogP contribution in [0.1, 0.15) is 38.7 Å². The van der Waals surface area contributed by atoms with Crippen molar-refractivity contribution in [1.82, 2.24) is 5.32 Å². The minimum atomic E-state index is -0.544. The number of aliphatic hydroxyl groups is 1. The van der Waals surface area contributed by atoms with Crippen LogP contribution < -0.4 is 5.32 Å². The Bertz CT molecular complexity index is 351. The molecule has 2 atom stereocenters. The second kappa shape index (κ2) is 7.88. The quantitative estimate of drug-likeness (QED) is 0.779. The van der Waals surface area contributed by atoms with Gasteiger partial charge in [-0.3, -0.25) is 4.79 Å². The van der Waals surface area contributed by atoms with E-state index < -0.39 is 6.10 Å². The zero-order chi connectivity index (χ0) is 13.4. The Labute approximate surface area is 109 Å². The van der Waals surface area contributed by atoms with Gasteiger partial charge < -0.3 is 10.4 Å². The number of aliphatic hydroxyl groups excluding tert-OH is 1. The van der Waals surface area contributed by atoms with E-state index in [9.17, 15) is 9.90 Å². The van der Waals surface area contributed by atoms with E-state index >= 15 is 0 Å². The SMILES string of the molecule is CCCCC(=O)NC(C)C(O)Cc1ccccc1. The summed E-state index contributed by atoms with van der Waals surface area (Å²) in [5.74, 6) is 0.0245. The summed E-state index contributed by atoms with van der Waals surface area (Å²) in [7, 11) is 0. The lowest BCUT2D eigenvalue weighted by molar-refractivity contribution is -0.122. The van der Waals surface area contributed by atoms with E-state index in [1.807, 2.05) is 37.3 Å². The van der Waals surface area contributed by atoms with E-state index in [1.165, 1.54) is 0 Å². The minimum absolute atomic E-state index is 0.0245. The van der Waals surface area contributed by atoms with Crippen molar-refractivity contribution in [3.05, 3.63) is 35.9 Å². The second-order valence-electron chi connectivity index (χ2n) is 4.72. The van der Waals surface area contributed by atoms with Crippen LogP contribution in [-0.4, -0.2) is 23.2 Å². The van der Waals surface area contributed by atoms with Crippen molar-refractivity contribution in [2.45, 2.75) is 51.7 Å². The number of carbonyl (C=O) groups excluding carboxylic acids is 1. The van der Waals surface area contributed by atoms with Gasteiger partial charge >= 0.3 is 0 Å². The number of nitrogens with one attached hydrogen (secondary N) is 1. The maximum Gasteiger partial charge on any atom is 0.220 e. The molecule has 1 rings (SSSR count). The van der Waals surface area contributed by atoms with Crippen LogP contribution in [0.5, 0.6) is 0 Å². The molecule has 2 N–H and O–H groups in total. The zero-order valence-electron chi connectivity index (χ0n) is 11.2. The first kappa shape index (κ1) is 14.7. The molecule has 0 spiro atoms. The van der Waals surface area contributed by atoms with Crippen molar-refractivity contribution in [1.29, 1.82) is 0 Å². The molecular weight excluding hydrogens is 226 g/mol. The van der Waals surface area contributed by atoms with Crippen molar-refractivity contribution in [3.63, 3.8) is 0 Å². The lowest BCUT2D eigenvalue weighted by Gasteiger charge is -2.20. The van der Waals surface area contributed by atoms with Crippen LogP contribution in [0.15, 0.2) is 30.3 Å². The minimum Gasteiger partial charge on any atom is -0.391 e. The Morgan fingerprint density at radius 1 is 1.33 bits per heavy atom. The standard InChI is InChI=1S/C15H23NO2/c1-3-4-10-15(18)16-12(2)14(17)11-13-8-6-5-7-9-13/h5-9,12,14,17H,3-4,10-11H2,1-2H3,(H,16,18). The van der Waals surface area contributed by atoms with Crippen LogP contribution in [0.25, 0.3) is 0 Å². The van der Waals surface area contributed by atoms with Crippen molar-refractivity contribution in [2.75, 3.05) is 0 Å². The summed E-state index contributed by atoms with van der Waals surface area (Å²) in [4.78, 5) is 11.5. The fourth-order valence-corrected chi connectivity index (χ4v) is 1.79. The molecule has 3 heteroatoms. The van der Waals surface area contributed by atoms with Crippen LogP contribution in [0.2, 0.25) is 0 Å². The molecular formula is C15H23NO2. The number of benzene rings is 1. The van der Waals surface area contributed by atoms with Gasteiger partial charge in [-0.1, -0.05) is 43.7 Å². The van der Waals surface area contributed by atoms with Crippen LogP contribution in [0.3, 0.4) is 0 Å². The van der Waals surface area contributed by atoms with E-state index in [1.54, 1.807) is 0 Å². The molecule has 3 nitrogen and oxygen atoms in total. The molecule has 18 heavy (non-hydrogen) atoms. The summed E-state index contributed by atoms with van der Waals surface area (Å²) in [6.07, 6.45) is 2.47. The smallest absolute Gasteiger partial charge is 0.220 e. The summed E-state index contributed by atoms with van der Waals surface area (Å²) < 4.78 is 0. The van der Waals surface area contributed by atoms with Crippen molar-refractivity contribution >= 4 is 5.91 Å². The van der Waals surface area contributed by atoms with Gasteiger partial charge in [0.15, 0.2) is 0 Å². The Balaban J connectivity index is 2.37. The maximum absolute atomic E-state index is 11.5. The Morgan fingerprint density at radius 3 is 2.61 bits per heavy atom. The maximum atomic E-state index is 11.5. The summed E-state index contributed by atoms with van der Waals surface area (Å²) >= 11 is 0. The third-order valence-corrected chi connectivity index (χ3v) is 3.01. The molecule has 0 aliphatic rings. The third-order valence-electron chi connectivity index (χ3n) is 3.01. The molecule has 0 heterocycles. The lowest BCUT2D eigenvalue weighted by Crippen LogP contribution is -2.42. The molecule has 0 bridgehead atoms. The fourth-order valence-electron chi connectivity index (χ4n) is 1.79.